The molecule has 1 heterocycles. The molecular weight excluding hydrogens is 224 g/mol. The molecule has 0 aromatic heterocycles. The largest absolute Gasteiger partial charge is 0.299 e. The van der Waals surface area contributed by atoms with Crippen molar-refractivity contribution in [1.29, 1.82) is 0 Å². The fraction of sp³-hybridized carbons (Fsp3) is 0.917. The van der Waals surface area contributed by atoms with Crippen molar-refractivity contribution < 1.29 is 13.2 Å². The van der Waals surface area contributed by atoms with Crippen LogP contribution in [0.15, 0.2) is 0 Å². The van der Waals surface area contributed by atoms with Crippen LogP contribution in [0.25, 0.3) is 0 Å². The SMILES string of the molecule is CC1CCCC(C(=O)C2CCS(=O)(=O)C2)C1. The van der Waals surface area contributed by atoms with E-state index in [-0.39, 0.29) is 29.1 Å². The van der Waals surface area contributed by atoms with Gasteiger partial charge in [-0.2, -0.15) is 0 Å². The number of carbonyl (C=O) groups is 1. The third-order valence-corrected chi connectivity index (χ3v) is 5.74. The van der Waals surface area contributed by atoms with Gasteiger partial charge in [-0.25, -0.2) is 8.42 Å². The van der Waals surface area contributed by atoms with E-state index in [1.54, 1.807) is 0 Å². The molecule has 3 nitrogen and oxygen atoms in total. The van der Waals surface area contributed by atoms with E-state index in [1.165, 1.54) is 6.42 Å². The number of rotatable bonds is 2. The van der Waals surface area contributed by atoms with Gasteiger partial charge in [0, 0.05) is 11.8 Å². The Balaban J connectivity index is 1.97. The first kappa shape index (κ1) is 12.1. The molecule has 1 saturated heterocycles. The Morgan fingerprint density at radius 2 is 1.88 bits per heavy atom. The van der Waals surface area contributed by atoms with Crippen molar-refractivity contribution in [1.82, 2.24) is 0 Å². The van der Waals surface area contributed by atoms with Crippen LogP contribution in [0.3, 0.4) is 0 Å². The average molecular weight is 244 g/mol. The maximum Gasteiger partial charge on any atom is 0.151 e. The molecule has 16 heavy (non-hydrogen) atoms. The van der Waals surface area contributed by atoms with E-state index in [1.807, 2.05) is 0 Å². The van der Waals surface area contributed by atoms with E-state index in [0.29, 0.717) is 12.3 Å². The van der Waals surface area contributed by atoms with Gasteiger partial charge in [0.05, 0.1) is 11.5 Å². The highest BCUT2D eigenvalue weighted by Crippen LogP contribution is 2.33. The Kier molecular flexibility index (Phi) is 3.38. The molecule has 2 rings (SSSR count). The molecule has 0 aromatic rings. The van der Waals surface area contributed by atoms with Gasteiger partial charge >= 0.3 is 0 Å². The van der Waals surface area contributed by atoms with Gasteiger partial charge < -0.3 is 0 Å². The molecule has 4 heteroatoms. The number of ketones is 1. The van der Waals surface area contributed by atoms with Crippen LogP contribution in [-0.2, 0) is 14.6 Å². The van der Waals surface area contributed by atoms with Crippen LogP contribution < -0.4 is 0 Å². The van der Waals surface area contributed by atoms with Crippen molar-refractivity contribution in [3.8, 4) is 0 Å². The zero-order chi connectivity index (χ0) is 11.8. The molecule has 3 atom stereocenters. The zero-order valence-electron chi connectivity index (χ0n) is 9.81. The molecule has 92 valence electrons. The Bertz CT molecular complexity index is 372. The third kappa shape index (κ3) is 2.65. The molecule has 0 radical (unpaired) electrons. The summed E-state index contributed by atoms with van der Waals surface area (Å²) < 4.78 is 22.7. The highest BCUT2D eigenvalue weighted by molar-refractivity contribution is 7.91. The zero-order valence-corrected chi connectivity index (χ0v) is 10.6. The van der Waals surface area contributed by atoms with Gasteiger partial charge in [0.1, 0.15) is 5.78 Å². The fourth-order valence-corrected chi connectivity index (χ4v) is 4.80. The summed E-state index contributed by atoms with van der Waals surface area (Å²) in [5.41, 5.74) is 0. The van der Waals surface area contributed by atoms with E-state index < -0.39 is 9.84 Å². The van der Waals surface area contributed by atoms with Crippen LogP contribution >= 0.6 is 0 Å². The Morgan fingerprint density at radius 3 is 2.44 bits per heavy atom. The predicted molar refractivity (Wildman–Crippen MR) is 62.9 cm³/mol. The number of carbonyl (C=O) groups excluding carboxylic acids is 1. The number of Topliss-reactive ketones (excluding diaryl/α,β-unsaturated/α-hetero) is 1. The van der Waals surface area contributed by atoms with E-state index in [9.17, 15) is 13.2 Å². The van der Waals surface area contributed by atoms with Crippen molar-refractivity contribution in [2.45, 2.75) is 39.0 Å². The van der Waals surface area contributed by atoms with Crippen molar-refractivity contribution in [2.75, 3.05) is 11.5 Å². The first-order valence-electron chi connectivity index (χ1n) is 6.22. The summed E-state index contributed by atoms with van der Waals surface area (Å²) in [6.45, 7) is 2.19. The molecular formula is C12H20O3S. The highest BCUT2D eigenvalue weighted by atomic mass is 32.2. The van der Waals surface area contributed by atoms with Crippen LogP contribution in [-0.4, -0.2) is 25.7 Å². The number of sulfone groups is 1. The predicted octanol–water partition coefficient (Wildman–Crippen LogP) is 1.82. The van der Waals surface area contributed by atoms with Crippen molar-refractivity contribution in [2.24, 2.45) is 17.8 Å². The van der Waals surface area contributed by atoms with E-state index in [0.717, 1.165) is 19.3 Å². The topological polar surface area (TPSA) is 51.2 Å². The fourth-order valence-electron chi connectivity index (χ4n) is 3.05. The maximum absolute atomic E-state index is 12.2. The van der Waals surface area contributed by atoms with Crippen LogP contribution in [0.4, 0.5) is 0 Å². The minimum atomic E-state index is -2.91. The van der Waals surface area contributed by atoms with Gasteiger partial charge in [-0.3, -0.25) is 4.79 Å². The van der Waals surface area contributed by atoms with Crippen LogP contribution in [0.1, 0.15) is 39.0 Å². The molecule has 3 unspecified atom stereocenters. The summed E-state index contributed by atoms with van der Waals surface area (Å²) in [6, 6.07) is 0. The summed E-state index contributed by atoms with van der Waals surface area (Å²) in [6.07, 6.45) is 4.84. The first-order valence-corrected chi connectivity index (χ1v) is 8.04. The quantitative estimate of drug-likeness (QED) is 0.744. The summed E-state index contributed by atoms with van der Waals surface area (Å²) >= 11 is 0. The molecule has 0 spiro atoms. The minimum absolute atomic E-state index is 0.108. The molecule has 1 saturated carbocycles. The first-order chi connectivity index (χ1) is 7.48. The van der Waals surface area contributed by atoms with E-state index in [2.05, 4.69) is 6.92 Å². The summed E-state index contributed by atoms with van der Waals surface area (Å²) in [4.78, 5) is 12.2. The molecule has 0 N–H and O–H groups in total. The Hall–Kier alpha value is -0.380. The number of hydrogen-bond acceptors (Lipinski definition) is 3. The lowest BCUT2D eigenvalue weighted by atomic mass is 9.77. The van der Waals surface area contributed by atoms with Gasteiger partial charge in [0.15, 0.2) is 9.84 Å². The van der Waals surface area contributed by atoms with E-state index >= 15 is 0 Å². The Morgan fingerprint density at radius 1 is 1.12 bits per heavy atom. The summed E-state index contributed by atoms with van der Waals surface area (Å²) in [5, 5.41) is 0. The average Bonchev–Trinajstić information content (AvgIpc) is 2.58. The van der Waals surface area contributed by atoms with E-state index in [4.69, 9.17) is 0 Å². The second-order valence-corrected chi connectivity index (χ2v) is 7.70. The van der Waals surface area contributed by atoms with Crippen LogP contribution in [0, 0.1) is 17.8 Å². The van der Waals surface area contributed by atoms with Gasteiger partial charge in [-0.1, -0.05) is 19.8 Å². The van der Waals surface area contributed by atoms with Gasteiger partial charge in [0.2, 0.25) is 0 Å². The maximum atomic E-state index is 12.2. The number of hydrogen-bond donors (Lipinski definition) is 0. The van der Waals surface area contributed by atoms with Crippen LogP contribution in [0.2, 0.25) is 0 Å². The molecule has 2 aliphatic rings. The molecule has 1 aliphatic heterocycles. The van der Waals surface area contributed by atoms with Crippen molar-refractivity contribution >= 4 is 15.6 Å². The van der Waals surface area contributed by atoms with Crippen molar-refractivity contribution in [3.05, 3.63) is 0 Å². The lowest BCUT2D eigenvalue weighted by molar-refractivity contribution is -0.127. The molecule has 1 aliphatic carbocycles. The lowest BCUT2D eigenvalue weighted by Crippen LogP contribution is -2.28. The molecule has 0 aromatic carbocycles. The second kappa shape index (κ2) is 4.47. The monoisotopic (exact) mass is 244 g/mol. The van der Waals surface area contributed by atoms with Crippen LogP contribution in [0.5, 0.6) is 0 Å². The standard InChI is InChI=1S/C12H20O3S/c1-9-3-2-4-10(7-9)12(13)11-5-6-16(14,15)8-11/h9-11H,2-8H2,1H3. The third-order valence-electron chi connectivity index (χ3n) is 3.97. The molecule has 0 bridgehead atoms. The molecule has 2 fully saturated rings. The smallest absolute Gasteiger partial charge is 0.151 e. The second-order valence-electron chi connectivity index (χ2n) is 5.47. The minimum Gasteiger partial charge on any atom is -0.299 e. The Labute approximate surface area is 97.5 Å². The van der Waals surface area contributed by atoms with Gasteiger partial charge in [-0.15, -0.1) is 0 Å². The van der Waals surface area contributed by atoms with Crippen molar-refractivity contribution in [3.63, 3.8) is 0 Å². The van der Waals surface area contributed by atoms with Gasteiger partial charge in [0.25, 0.3) is 0 Å². The summed E-state index contributed by atoms with van der Waals surface area (Å²) in [5.74, 6) is 1.12. The lowest BCUT2D eigenvalue weighted by Gasteiger charge is -2.27. The highest BCUT2D eigenvalue weighted by Gasteiger charge is 2.37. The normalized spacial score (nSPS) is 38.4. The summed E-state index contributed by atoms with van der Waals surface area (Å²) in [7, 11) is -2.91. The van der Waals surface area contributed by atoms with Gasteiger partial charge in [-0.05, 0) is 25.2 Å². The molecule has 0 amide bonds.